The van der Waals surface area contributed by atoms with Crippen molar-refractivity contribution in [3.8, 4) is 11.1 Å². The topological polar surface area (TPSA) is 125 Å². The molecule has 1 saturated heterocycles. The second kappa shape index (κ2) is 11.6. The largest absolute Gasteiger partial charge is 0.450 e. The van der Waals surface area contributed by atoms with Gasteiger partial charge in [-0.05, 0) is 55.8 Å². The zero-order chi connectivity index (χ0) is 26.5. The van der Waals surface area contributed by atoms with Crippen molar-refractivity contribution in [2.75, 3.05) is 38.1 Å². The van der Waals surface area contributed by atoms with E-state index in [0.717, 1.165) is 66.7 Å². The van der Waals surface area contributed by atoms with E-state index in [4.69, 9.17) is 15.5 Å². The third-order valence-corrected chi connectivity index (χ3v) is 6.83. The second-order valence-corrected chi connectivity index (χ2v) is 9.54. The van der Waals surface area contributed by atoms with E-state index in [9.17, 15) is 4.79 Å². The quantitative estimate of drug-likeness (QED) is 0.369. The van der Waals surface area contributed by atoms with Crippen molar-refractivity contribution in [2.24, 2.45) is 10.7 Å². The molecule has 3 aromatic rings. The number of aliphatic imine (C=N–C) groups is 1. The van der Waals surface area contributed by atoms with Crippen LogP contribution in [0.25, 0.3) is 27.9 Å². The van der Waals surface area contributed by atoms with Crippen molar-refractivity contribution in [1.82, 2.24) is 24.8 Å². The lowest BCUT2D eigenvalue weighted by atomic mass is 10.0. The average molecular weight is 515 g/mol. The van der Waals surface area contributed by atoms with Gasteiger partial charge in [0.05, 0.1) is 29.0 Å². The van der Waals surface area contributed by atoms with E-state index < -0.39 is 6.09 Å². The highest BCUT2D eigenvalue weighted by Crippen LogP contribution is 2.32. The van der Waals surface area contributed by atoms with Crippen LogP contribution in [0.4, 0.5) is 10.7 Å². The monoisotopic (exact) mass is 514 g/mol. The van der Waals surface area contributed by atoms with Gasteiger partial charge in [0.15, 0.2) is 0 Å². The van der Waals surface area contributed by atoms with Gasteiger partial charge < -0.3 is 15.5 Å². The number of nitrogens with zero attached hydrogens (tertiary/aromatic N) is 5. The Hall–Kier alpha value is -4.02. The number of carbonyl (C=O) groups is 1. The Kier molecular flexibility index (Phi) is 7.81. The number of ether oxygens (including phenoxy) is 1. The van der Waals surface area contributed by atoms with E-state index in [1.807, 2.05) is 18.3 Å². The van der Waals surface area contributed by atoms with Crippen molar-refractivity contribution in [3.63, 3.8) is 0 Å². The Balaban J connectivity index is 1.37. The predicted octanol–water partition coefficient (Wildman–Crippen LogP) is 3.99. The van der Waals surface area contributed by atoms with Gasteiger partial charge >= 0.3 is 6.09 Å². The first-order chi connectivity index (χ1) is 18.5. The first-order valence-corrected chi connectivity index (χ1v) is 13.0. The molecule has 10 heteroatoms. The van der Waals surface area contributed by atoms with Crippen LogP contribution in [0.15, 0.2) is 54.3 Å². The molecule has 1 amide bonds. The van der Waals surface area contributed by atoms with Crippen LogP contribution in [-0.4, -0.2) is 75.9 Å². The lowest BCUT2D eigenvalue weighted by Gasteiger charge is -2.34. The summed E-state index contributed by atoms with van der Waals surface area (Å²) >= 11 is 0. The number of hydrogen-bond donors (Lipinski definition) is 3. The number of anilines is 1. The molecule has 0 bridgehead atoms. The molecule has 10 nitrogen and oxygen atoms in total. The van der Waals surface area contributed by atoms with E-state index in [1.54, 1.807) is 19.2 Å². The summed E-state index contributed by atoms with van der Waals surface area (Å²) in [6, 6.07) is 8.98. The van der Waals surface area contributed by atoms with Crippen molar-refractivity contribution in [3.05, 3.63) is 60.6 Å². The summed E-state index contributed by atoms with van der Waals surface area (Å²) < 4.78 is 4.98. The Morgan fingerprint density at radius 3 is 2.76 bits per heavy atom. The molecule has 0 spiro atoms. The number of rotatable bonds is 9. The number of imidazole rings is 1. The number of benzene rings is 1. The normalized spacial score (nSPS) is 17.0. The Labute approximate surface area is 222 Å². The van der Waals surface area contributed by atoms with E-state index in [0.29, 0.717) is 11.2 Å². The van der Waals surface area contributed by atoms with Gasteiger partial charge in [-0.1, -0.05) is 12.6 Å². The van der Waals surface area contributed by atoms with Crippen LogP contribution < -0.4 is 11.1 Å². The summed E-state index contributed by atoms with van der Waals surface area (Å²) in [4.78, 5) is 33.9. The molecule has 2 aromatic heterocycles. The molecule has 3 heterocycles. The Morgan fingerprint density at radius 1 is 1.26 bits per heavy atom. The maximum Gasteiger partial charge on any atom is 0.413 e. The fourth-order valence-corrected chi connectivity index (χ4v) is 4.72. The number of hydrogen-bond acceptors (Lipinski definition) is 8. The maximum absolute atomic E-state index is 11.9. The van der Waals surface area contributed by atoms with Crippen molar-refractivity contribution < 1.29 is 9.53 Å². The number of aromatic amines is 1. The van der Waals surface area contributed by atoms with Crippen LogP contribution >= 0.6 is 0 Å². The molecule has 1 aromatic carbocycles. The Morgan fingerprint density at radius 2 is 2.08 bits per heavy atom. The summed E-state index contributed by atoms with van der Waals surface area (Å²) in [7, 11) is 0. The second-order valence-electron chi connectivity index (χ2n) is 9.54. The smallest absolute Gasteiger partial charge is 0.413 e. The summed E-state index contributed by atoms with van der Waals surface area (Å²) in [5.41, 5.74) is 11.0. The maximum atomic E-state index is 11.9. The highest BCUT2D eigenvalue weighted by Gasteiger charge is 2.31. The molecular weight excluding hydrogens is 480 g/mol. The number of fused-ring (bicyclic) bond motifs is 1. The SMILES string of the molecule is C=C(N=C/C=C\N)c1cc(-c2ccc(CN3CCN(C4CC4)CC3)nc2)cc2[nH]c(NC(=O)OCC)nc12. The molecule has 198 valence electrons. The number of amides is 1. The lowest BCUT2D eigenvalue weighted by molar-refractivity contribution is 0.120. The number of piperazine rings is 1. The summed E-state index contributed by atoms with van der Waals surface area (Å²) in [6.07, 6.45) is 8.65. The molecule has 5 rings (SSSR count). The molecule has 0 unspecified atom stereocenters. The number of carbonyl (C=O) groups excluding carboxylic acids is 1. The van der Waals surface area contributed by atoms with Gasteiger partial charge in [-0.2, -0.15) is 0 Å². The molecule has 2 fully saturated rings. The number of aromatic nitrogens is 3. The molecule has 1 aliphatic carbocycles. The first-order valence-electron chi connectivity index (χ1n) is 13.0. The van der Waals surface area contributed by atoms with Crippen LogP contribution in [-0.2, 0) is 11.3 Å². The zero-order valence-electron chi connectivity index (χ0n) is 21.7. The fourth-order valence-electron chi connectivity index (χ4n) is 4.72. The molecule has 1 aliphatic heterocycles. The van der Waals surface area contributed by atoms with Gasteiger partial charge in [0.1, 0.15) is 0 Å². The zero-order valence-corrected chi connectivity index (χ0v) is 21.7. The summed E-state index contributed by atoms with van der Waals surface area (Å²) in [6.45, 7) is 11.5. The van der Waals surface area contributed by atoms with Gasteiger partial charge in [-0.25, -0.2) is 9.78 Å². The fraction of sp³-hybridized carbons (Fsp3) is 0.357. The summed E-state index contributed by atoms with van der Waals surface area (Å²) in [5.74, 6) is 0.283. The van der Waals surface area contributed by atoms with Gasteiger partial charge in [0.25, 0.3) is 0 Å². The highest BCUT2D eigenvalue weighted by molar-refractivity contribution is 5.96. The van der Waals surface area contributed by atoms with Crippen LogP contribution in [0.3, 0.4) is 0 Å². The third kappa shape index (κ3) is 6.09. The molecule has 2 aliphatic rings. The van der Waals surface area contributed by atoms with Crippen molar-refractivity contribution in [2.45, 2.75) is 32.4 Å². The van der Waals surface area contributed by atoms with Gasteiger partial charge in [-0.15, -0.1) is 0 Å². The predicted molar refractivity (Wildman–Crippen MR) is 151 cm³/mol. The highest BCUT2D eigenvalue weighted by atomic mass is 16.5. The Bertz CT molecular complexity index is 1350. The molecule has 38 heavy (non-hydrogen) atoms. The van der Waals surface area contributed by atoms with Gasteiger partial charge in [0.2, 0.25) is 5.95 Å². The molecule has 4 N–H and O–H groups in total. The standard InChI is InChI=1S/C28H34N8O2/c1-3-38-28(37)34-27-32-25-16-21(15-24(26(25)33-27)19(2)30-10-4-9-29)20-5-6-22(31-17-20)18-35-11-13-36(14-12-35)23-7-8-23/h4-6,9-10,15-17,23H,2-3,7-8,11-14,18,29H2,1H3,(H2,32,33,34,37)/b9-4-,30-10?. The number of nitrogens with two attached hydrogens (primary N) is 1. The number of H-pyrrole nitrogens is 1. The van der Waals surface area contributed by atoms with Crippen LogP contribution in [0.2, 0.25) is 0 Å². The van der Waals surface area contributed by atoms with Gasteiger partial charge in [-0.3, -0.25) is 25.1 Å². The van der Waals surface area contributed by atoms with Crippen LogP contribution in [0.1, 0.15) is 31.0 Å². The molecule has 1 saturated carbocycles. The van der Waals surface area contributed by atoms with E-state index in [2.05, 4.69) is 48.8 Å². The third-order valence-electron chi connectivity index (χ3n) is 6.83. The van der Waals surface area contributed by atoms with Crippen molar-refractivity contribution >= 4 is 35.0 Å². The van der Waals surface area contributed by atoms with Crippen LogP contribution in [0, 0.1) is 0 Å². The average Bonchev–Trinajstić information content (AvgIpc) is 3.69. The molecular formula is C28H34N8O2. The van der Waals surface area contributed by atoms with Crippen LogP contribution in [0.5, 0.6) is 0 Å². The van der Waals surface area contributed by atoms with Crippen molar-refractivity contribution in [1.29, 1.82) is 0 Å². The number of pyridine rings is 1. The van der Waals surface area contributed by atoms with E-state index in [-0.39, 0.29) is 12.6 Å². The van der Waals surface area contributed by atoms with E-state index >= 15 is 0 Å². The first kappa shape index (κ1) is 25.6. The summed E-state index contributed by atoms with van der Waals surface area (Å²) in [5, 5.41) is 2.62. The number of nitrogens with one attached hydrogen (secondary N) is 2. The number of allylic oxidation sites excluding steroid dienone is 1. The lowest BCUT2D eigenvalue weighted by Crippen LogP contribution is -2.46. The van der Waals surface area contributed by atoms with E-state index in [1.165, 1.54) is 19.0 Å². The van der Waals surface area contributed by atoms with Gasteiger partial charge in [0, 0.05) is 62.3 Å². The molecule has 0 atom stereocenters. The minimum atomic E-state index is -0.577. The minimum absolute atomic E-state index is 0.265. The minimum Gasteiger partial charge on any atom is -0.450 e. The molecule has 0 radical (unpaired) electrons.